The van der Waals surface area contributed by atoms with Gasteiger partial charge in [0.05, 0.1) is 0 Å². The van der Waals surface area contributed by atoms with E-state index in [1.165, 1.54) is 25.1 Å². The van der Waals surface area contributed by atoms with Crippen molar-refractivity contribution >= 4 is 17.7 Å². The fourth-order valence-electron chi connectivity index (χ4n) is 2.34. The Morgan fingerprint density at radius 3 is 2.42 bits per heavy atom. The molecule has 0 aliphatic rings. The summed E-state index contributed by atoms with van der Waals surface area (Å²) in [7, 11) is 0. The summed E-state index contributed by atoms with van der Waals surface area (Å²) in [6.45, 7) is 4.96. The minimum absolute atomic E-state index is 0.106. The fraction of sp³-hybridized carbons (Fsp3) is 0.471. The molecule has 0 heterocycles. The molecule has 132 valence electrons. The first-order chi connectivity index (χ1) is 11.2. The van der Waals surface area contributed by atoms with Crippen LogP contribution in [0.5, 0.6) is 0 Å². The van der Waals surface area contributed by atoms with Crippen molar-refractivity contribution in [3.05, 3.63) is 35.6 Å². The number of hydrogen-bond donors (Lipinski definition) is 3. The Bertz CT molecular complexity index is 606. The number of carbonyl (C=O) groups is 3. The second-order valence-electron chi connectivity index (χ2n) is 5.86. The normalized spacial score (nSPS) is 14.3. The molecule has 1 aromatic carbocycles. The second-order valence-corrected chi connectivity index (χ2v) is 5.86. The number of benzene rings is 1. The lowest BCUT2D eigenvalue weighted by Crippen LogP contribution is -2.55. The van der Waals surface area contributed by atoms with Crippen LogP contribution in [0.15, 0.2) is 24.3 Å². The topological polar surface area (TPSA) is 101 Å². The molecule has 0 aliphatic heterocycles. The maximum Gasteiger partial charge on any atom is 0.243 e. The Labute approximate surface area is 141 Å². The van der Waals surface area contributed by atoms with Crippen LogP contribution in [0, 0.1) is 11.7 Å². The fourth-order valence-corrected chi connectivity index (χ4v) is 2.34. The Morgan fingerprint density at radius 1 is 1.25 bits per heavy atom. The zero-order chi connectivity index (χ0) is 18.3. The van der Waals surface area contributed by atoms with Crippen LogP contribution in [0.4, 0.5) is 4.39 Å². The highest BCUT2D eigenvalue weighted by molar-refractivity contribution is 5.91. The third-order valence-electron chi connectivity index (χ3n) is 3.84. The molecule has 0 spiro atoms. The highest BCUT2D eigenvalue weighted by atomic mass is 19.1. The van der Waals surface area contributed by atoms with E-state index in [-0.39, 0.29) is 12.3 Å². The van der Waals surface area contributed by atoms with Crippen LogP contribution < -0.4 is 16.4 Å². The van der Waals surface area contributed by atoms with Crippen LogP contribution in [0.2, 0.25) is 0 Å². The SMILES string of the molecule is CC[C@H](C)[C@H](NC(=O)[C@H](Cc1cccc(F)c1)NC(C)=O)C(N)=O. The van der Waals surface area contributed by atoms with Gasteiger partial charge in [0.2, 0.25) is 17.7 Å². The Hall–Kier alpha value is -2.44. The number of hydrogen-bond acceptors (Lipinski definition) is 3. The van der Waals surface area contributed by atoms with Crippen LogP contribution in [-0.4, -0.2) is 29.8 Å². The number of carbonyl (C=O) groups excluding carboxylic acids is 3. The van der Waals surface area contributed by atoms with Crippen LogP contribution in [0.25, 0.3) is 0 Å². The number of halogens is 1. The molecule has 0 aromatic heterocycles. The van der Waals surface area contributed by atoms with Crippen molar-refractivity contribution in [2.75, 3.05) is 0 Å². The minimum Gasteiger partial charge on any atom is -0.368 e. The van der Waals surface area contributed by atoms with Gasteiger partial charge in [-0.2, -0.15) is 0 Å². The minimum atomic E-state index is -0.921. The van der Waals surface area contributed by atoms with Crippen LogP contribution in [-0.2, 0) is 20.8 Å². The van der Waals surface area contributed by atoms with Gasteiger partial charge in [0.1, 0.15) is 17.9 Å². The van der Waals surface area contributed by atoms with Crippen molar-refractivity contribution < 1.29 is 18.8 Å². The first-order valence-corrected chi connectivity index (χ1v) is 7.85. The lowest BCUT2D eigenvalue weighted by Gasteiger charge is -2.25. The molecule has 3 amide bonds. The molecule has 3 atom stereocenters. The van der Waals surface area contributed by atoms with Crippen LogP contribution in [0.1, 0.15) is 32.8 Å². The monoisotopic (exact) mass is 337 g/mol. The highest BCUT2D eigenvalue weighted by Gasteiger charge is 2.28. The maximum absolute atomic E-state index is 13.3. The third kappa shape index (κ3) is 5.98. The predicted octanol–water partition coefficient (Wildman–Crippen LogP) is 0.889. The molecule has 0 fully saturated rings. The lowest BCUT2D eigenvalue weighted by atomic mass is 9.97. The molecule has 24 heavy (non-hydrogen) atoms. The zero-order valence-corrected chi connectivity index (χ0v) is 14.1. The summed E-state index contributed by atoms with van der Waals surface area (Å²) in [5.41, 5.74) is 5.90. The average Bonchev–Trinajstić information content (AvgIpc) is 2.50. The molecule has 0 radical (unpaired) electrons. The largest absolute Gasteiger partial charge is 0.368 e. The standard InChI is InChI=1S/C17H24FN3O3/c1-4-10(2)15(16(19)23)21-17(24)14(20-11(3)22)9-12-6-5-7-13(18)8-12/h5-8,10,14-15H,4,9H2,1-3H3,(H2,19,23)(H,20,22)(H,21,24)/t10-,14-,15-/m0/s1. The molecule has 7 heteroatoms. The van der Waals surface area contributed by atoms with E-state index in [0.29, 0.717) is 12.0 Å². The molecule has 0 saturated heterocycles. The molecule has 0 bridgehead atoms. The Balaban J connectivity index is 2.91. The van der Waals surface area contributed by atoms with E-state index in [1.54, 1.807) is 13.0 Å². The van der Waals surface area contributed by atoms with E-state index in [2.05, 4.69) is 10.6 Å². The van der Waals surface area contributed by atoms with E-state index in [4.69, 9.17) is 5.73 Å². The summed E-state index contributed by atoms with van der Waals surface area (Å²) in [5, 5.41) is 5.11. The van der Waals surface area contributed by atoms with E-state index in [9.17, 15) is 18.8 Å². The van der Waals surface area contributed by atoms with Gasteiger partial charge in [0.25, 0.3) is 0 Å². The summed E-state index contributed by atoms with van der Waals surface area (Å²) in [6, 6.07) is 4.02. The zero-order valence-electron chi connectivity index (χ0n) is 14.1. The smallest absolute Gasteiger partial charge is 0.243 e. The molecule has 0 unspecified atom stereocenters. The first-order valence-electron chi connectivity index (χ1n) is 7.85. The van der Waals surface area contributed by atoms with Crippen molar-refractivity contribution in [1.82, 2.24) is 10.6 Å². The molecule has 1 aromatic rings. The third-order valence-corrected chi connectivity index (χ3v) is 3.84. The average molecular weight is 337 g/mol. The van der Waals surface area contributed by atoms with Crippen LogP contribution >= 0.6 is 0 Å². The lowest BCUT2D eigenvalue weighted by molar-refractivity contribution is -0.131. The first kappa shape index (κ1) is 19.6. The van der Waals surface area contributed by atoms with Crippen molar-refractivity contribution in [3.8, 4) is 0 Å². The van der Waals surface area contributed by atoms with Crippen molar-refractivity contribution in [2.45, 2.75) is 45.7 Å². The number of primary amides is 1. The van der Waals surface area contributed by atoms with Crippen molar-refractivity contribution in [3.63, 3.8) is 0 Å². The van der Waals surface area contributed by atoms with E-state index in [1.807, 2.05) is 6.92 Å². The highest BCUT2D eigenvalue weighted by Crippen LogP contribution is 2.10. The van der Waals surface area contributed by atoms with E-state index < -0.39 is 35.6 Å². The molecule has 1 rings (SSSR count). The van der Waals surface area contributed by atoms with Gasteiger partial charge in [-0.25, -0.2) is 4.39 Å². The second kappa shape index (κ2) is 9.00. The quantitative estimate of drug-likeness (QED) is 0.656. The molecule has 6 nitrogen and oxygen atoms in total. The number of rotatable bonds is 8. The molecular weight excluding hydrogens is 313 g/mol. The molecule has 0 aliphatic carbocycles. The van der Waals surface area contributed by atoms with Gasteiger partial charge in [-0.1, -0.05) is 32.4 Å². The van der Waals surface area contributed by atoms with Gasteiger partial charge in [0.15, 0.2) is 0 Å². The van der Waals surface area contributed by atoms with Crippen molar-refractivity contribution in [2.24, 2.45) is 11.7 Å². The summed E-state index contributed by atoms with van der Waals surface area (Å²) >= 11 is 0. The van der Waals surface area contributed by atoms with E-state index in [0.717, 1.165) is 0 Å². The van der Waals surface area contributed by atoms with Gasteiger partial charge in [-0.05, 0) is 23.6 Å². The molecule has 4 N–H and O–H groups in total. The van der Waals surface area contributed by atoms with Gasteiger partial charge in [-0.15, -0.1) is 0 Å². The van der Waals surface area contributed by atoms with Gasteiger partial charge in [0, 0.05) is 13.3 Å². The maximum atomic E-state index is 13.3. The summed E-state index contributed by atoms with van der Waals surface area (Å²) in [5.74, 6) is -2.13. The Morgan fingerprint density at radius 2 is 1.92 bits per heavy atom. The number of nitrogens with two attached hydrogens (primary N) is 1. The van der Waals surface area contributed by atoms with Gasteiger partial charge < -0.3 is 16.4 Å². The Kier molecular flexibility index (Phi) is 7.35. The summed E-state index contributed by atoms with van der Waals surface area (Å²) in [6.07, 6.45) is 0.762. The number of amides is 3. The predicted molar refractivity (Wildman–Crippen MR) is 88.3 cm³/mol. The number of nitrogens with one attached hydrogen (secondary N) is 2. The van der Waals surface area contributed by atoms with Gasteiger partial charge in [-0.3, -0.25) is 14.4 Å². The molecular formula is C17H24FN3O3. The summed E-state index contributed by atoms with van der Waals surface area (Å²) < 4.78 is 13.3. The molecule has 0 saturated carbocycles. The van der Waals surface area contributed by atoms with Gasteiger partial charge >= 0.3 is 0 Å². The van der Waals surface area contributed by atoms with Crippen LogP contribution in [0.3, 0.4) is 0 Å². The summed E-state index contributed by atoms with van der Waals surface area (Å²) in [4.78, 5) is 35.4. The van der Waals surface area contributed by atoms with Crippen molar-refractivity contribution in [1.29, 1.82) is 0 Å². The van der Waals surface area contributed by atoms with E-state index >= 15 is 0 Å².